The molecule has 0 amide bonds. The Kier molecular flexibility index (Phi) is 4.53. The molecule has 0 radical (unpaired) electrons. The zero-order chi connectivity index (χ0) is 13.0. The first-order valence-corrected chi connectivity index (χ1v) is 6.93. The van der Waals surface area contributed by atoms with Crippen molar-refractivity contribution in [1.82, 2.24) is 14.9 Å². The predicted molar refractivity (Wildman–Crippen MR) is 74.8 cm³/mol. The molecule has 0 aliphatic heterocycles. The van der Waals surface area contributed by atoms with Crippen molar-refractivity contribution in [3.63, 3.8) is 0 Å². The van der Waals surface area contributed by atoms with E-state index >= 15 is 0 Å². The molecular formula is C14H24N4. The van der Waals surface area contributed by atoms with Gasteiger partial charge in [0.25, 0.3) is 0 Å². The molecule has 1 heterocycles. The average Bonchev–Trinajstić information content (AvgIpc) is 2.39. The fraction of sp³-hybridized carbons (Fsp3) is 0.714. The summed E-state index contributed by atoms with van der Waals surface area (Å²) in [5, 5.41) is 3.55. The highest BCUT2D eigenvalue weighted by molar-refractivity contribution is 5.36. The van der Waals surface area contributed by atoms with Crippen molar-refractivity contribution in [1.29, 1.82) is 0 Å². The summed E-state index contributed by atoms with van der Waals surface area (Å²) in [4.78, 5) is 10.9. The highest BCUT2D eigenvalue weighted by Crippen LogP contribution is 2.23. The van der Waals surface area contributed by atoms with Crippen LogP contribution in [0.4, 0.5) is 5.82 Å². The van der Waals surface area contributed by atoms with Crippen LogP contribution in [0.1, 0.15) is 38.3 Å². The van der Waals surface area contributed by atoms with Gasteiger partial charge in [-0.3, -0.25) is 0 Å². The molecule has 1 fully saturated rings. The van der Waals surface area contributed by atoms with E-state index in [9.17, 15) is 0 Å². The Morgan fingerprint density at radius 1 is 1.22 bits per heavy atom. The summed E-state index contributed by atoms with van der Waals surface area (Å²) in [5.41, 5.74) is 1.11. The van der Waals surface area contributed by atoms with Gasteiger partial charge >= 0.3 is 0 Å². The lowest BCUT2D eigenvalue weighted by molar-refractivity contribution is 0.221. The van der Waals surface area contributed by atoms with Crippen LogP contribution in [0, 0.1) is 0 Å². The molecule has 4 nitrogen and oxygen atoms in total. The van der Waals surface area contributed by atoms with Gasteiger partial charge in [-0.25, -0.2) is 9.97 Å². The Morgan fingerprint density at radius 2 is 1.94 bits per heavy atom. The Morgan fingerprint density at radius 3 is 2.56 bits per heavy atom. The lowest BCUT2D eigenvalue weighted by Crippen LogP contribution is -2.36. The Labute approximate surface area is 110 Å². The van der Waals surface area contributed by atoms with Crippen LogP contribution >= 0.6 is 0 Å². The number of hydrogen-bond donors (Lipinski definition) is 1. The molecule has 1 saturated carbocycles. The van der Waals surface area contributed by atoms with Crippen molar-refractivity contribution in [2.45, 2.75) is 51.1 Å². The van der Waals surface area contributed by atoms with Gasteiger partial charge in [-0.2, -0.15) is 0 Å². The summed E-state index contributed by atoms with van der Waals surface area (Å²) in [7, 11) is 4.35. The first-order chi connectivity index (χ1) is 8.69. The number of hydrogen-bond acceptors (Lipinski definition) is 4. The van der Waals surface area contributed by atoms with E-state index in [1.54, 1.807) is 6.33 Å². The van der Waals surface area contributed by atoms with Crippen LogP contribution in [0.15, 0.2) is 12.4 Å². The number of aryl methyl sites for hydroxylation is 1. The fourth-order valence-electron chi connectivity index (χ4n) is 2.62. The number of nitrogens with one attached hydrogen (secondary N) is 1. The van der Waals surface area contributed by atoms with Crippen LogP contribution in [0.3, 0.4) is 0 Å². The van der Waals surface area contributed by atoms with E-state index in [2.05, 4.69) is 47.3 Å². The smallest absolute Gasteiger partial charge is 0.129 e. The van der Waals surface area contributed by atoms with E-state index in [-0.39, 0.29) is 0 Å². The molecule has 0 bridgehead atoms. The summed E-state index contributed by atoms with van der Waals surface area (Å²) in [6, 6.07) is 3.39. The average molecular weight is 248 g/mol. The van der Waals surface area contributed by atoms with Gasteiger partial charge in [0.05, 0.1) is 0 Å². The lowest BCUT2D eigenvalue weighted by Gasteiger charge is -2.33. The van der Waals surface area contributed by atoms with E-state index in [0.29, 0.717) is 6.04 Å². The fourth-order valence-corrected chi connectivity index (χ4v) is 2.62. The zero-order valence-corrected chi connectivity index (χ0v) is 11.7. The summed E-state index contributed by atoms with van der Waals surface area (Å²) in [6.07, 6.45) is 7.63. The molecule has 0 unspecified atom stereocenters. The van der Waals surface area contributed by atoms with Crippen molar-refractivity contribution in [2.24, 2.45) is 0 Å². The lowest BCUT2D eigenvalue weighted by atomic mass is 9.90. The van der Waals surface area contributed by atoms with Gasteiger partial charge in [-0.05, 0) is 46.2 Å². The quantitative estimate of drug-likeness (QED) is 0.888. The van der Waals surface area contributed by atoms with Crippen LogP contribution in [0.2, 0.25) is 0 Å². The molecule has 2 rings (SSSR count). The molecular weight excluding hydrogens is 224 g/mol. The maximum absolute atomic E-state index is 4.30. The molecule has 0 atom stereocenters. The predicted octanol–water partition coefficient (Wildman–Crippen LogP) is 2.32. The molecule has 1 aromatic heterocycles. The summed E-state index contributed by atoms with van der Waals surface area (Å²) >= 11 is 0. The number of aromatic nitrogens is 2. The van der Waals surface area contributed by atoms with Crippen molar-refractivity contribution in [2.75, 3.05) is 19.4 Å². The van der Waals surface area contributed by atoms with E-state index in [0.717, 1.165) is 24.0 Å². The van der Waals surface area contributed by atoms with Gasteiger partial charge in [0.2, 0.25) is 0 Å². The zero-order valence-electron chi connectivity index (χ0n) is 11.7. The minimum absolute atomic E-state index is 0.570. The van der Waals surface area contributed by atoms with Crippen molar-refractivity contribution in [3.05, 3.63) is 18.1 Å². The summed E-state index contributed by atoms with van der Waals surface area (Å²) < 4.78 is 0. The van der Waals surface area contributed by atoms with E-state index < -0.39 is 0 Å². The van der Waals surface area contributed by atoms with E-state index in [4.69, 9.17) is 0 Å². The van der Waals surface area contributed by atoms with Crippen LogP contribution in [-0.4, -0.2) is 41.0 Å². The third-order valence-corrected chi connectivity index (χ3v) is 3.86. The van der Waals surface area contributed by atoms with E-state index in [1.165, 1.54) is 25.7 Å². The normalized spacial score (nSPS) is 24.2. The van der Waals surface area contributed by atoms with Crippen LogP contribution in [-0.2, 0) is 6.42 Å². The molecule has 0 saturated heterocycles. The van der Waals surface area contributed by atoms with Crippen LogP contribution < -0.4 is 5.32 Å². The molecule has 4 heteroatoms. The van der Waals surface area contributed by atoms with Crippen LogP contribution in [0.5, 0.6) is 0 Å². The number of anilines is 1. The highest BCUT2D eigenvalue weighted by Gasteiger charge is 2.22. The van der Waals surface area contributed by atoms with Gasteiger partial charge in [0.1, 0.15) is 12.1 Å². The molecule has 0 spiro atoms. The molecule has 0 aromatic carbocycles. The van der Waals surface area contributed by atoms with Crippen LogP contribution in [0.25, 0.3) is 0 Å². The monoisotopic (exact) mass is 248 g/mol. The van der Waals surface area contributed by atoms with Gasteiger partial charge in [-0.15, -0.1) is 0 Å². The van der Waals surface area contributed by atoms with E-state index in [1.807, 2.05) is 0 Å². The number of nitrogens with zero attached hydrogens (tertiary/aromatic N) is 3. The minimum Gasteiger partial charge on any atom is -0.367 e. The maximum Gasteiger partial charge on any atom is 0.129 e. The third-order valence-electron chi connectivity index (χ3n) is 3.86. The standard InChI is InChI=1S/C14H24N4/c1-4-11-9-14(16-10-15-11)17-12-5-7-13(8-6-12)18(2)3/h9-10,12-13H,4-8H2,1-3H3,(H,15,16,17)/t12-,13+. The minimum atomic E-state index is 0.570. The Balaban J connectivity index is 1.87. The molecule has 1 aromatic rings. The second-order valence-electron chi connectivity index (χ2n) is 5.36. The largest absolute Gasteiger partial charge is 0.367 e. The third kappa shape index (κ3) is 3.42. The summed E-state index contributed by atoms with van der Waals surface area (Å²) in [6.45, 7) is 2.12. The highest BCUT2D eigenvalue weighted by atomic mass is 15.1. The van der Waals surface area contributed by atoms with Crippen molar-refractivity contribution < 1.29 is 0 Å². The van der Waals surface area contributed by atoms with Crippen molar-refractivity contribution in [3.8, 4) is 0 Å². The second-order valence-corrected chi connectivity index (χ2v) is 5.36. The van der Waals surface area contributed by atoms with Gasteiger partial charge in [0.15, 0.2) is 0 Å². The molecule has 1 aliphatic rings. The SMILES string of the molecule is CCc1cc(N[C@H]2CC[C@@H](N(C)C)CC2)ncn1. The maximum atomic E-state index is 4.30. The second kappa shape index (κ2) is 6.14. The van der Waals surface area contributed by atoms with Gasteiger partial charge in [-0.1, -0.05) is 6.92 Å². The van der Waals surface area contributed by atoms with Crippen molar-refractivity contribution >= 4 is 5.82 Å². The van der Waals surface area contributed by atoms with Gasteiger partial charge < -0.3 is 10.2 Å². The topological polar surface area (TPSA) is 41.0 Å². The summed E-state index contributed by atoms with van der Waals surface area (Å²) in [5.74, 6) is 0.982. The molecule has 18 heavy (non-hydrogen) atoms. The Hall–Kier alpha value is -1.16. The molecule has 100 valence electrons. The first-order valence-electron chi connectivity index (χ1n) is 6.93. The molecule has 1 N–H and O–H groups in total. The Bertz CT molecular complexity index is 370. The first kappa shape index (κ1) is 13.3. The molecule has 1 aliphatic carbocycles. The van der Waals surface area contributed by atoms with Gasteiger partial charge in [0, 0.05) is 23.8 Å². The number of rotatable bonds is 4.